The number of nitrogens with one attached hydrogen (secondary N) is 1. The fourth-order valence-electron chi connectivity index (χ4n) is 7.63. The fourth-order valence-corrected chi connectivity index (χ4v) is 7.63. The number of ether oxygens (including phenoxy) is 1. The normalized spacial score (nSPS) is 27.1. The summed E-state index contributed by atoms with van der Waals surface area (Å²) in [5, 5.41) is 3.97. The molecule has 2 nitrogen and oxygen atoms in total. The minimum atomic E-state index is 0.261. The van der Waals surface area contributed by atoms with Crippen molar-refractivity contribution < 1.29 is 4.74 Å². The van der Waals surface area contributed by atoms with Gasteiger partial charge < -0.3 is 10.1 Å². The van der Waals surface area contributed by atoms with Crippen molar-refractivity contribution in [1.82, 2.24) is 0 Å². The van der Waals surface area contributed by atoms with Gasteiger partial charge in [0.2, 0.25) is 0 Å². The third-order valence-electron chi connectivity index (χ3n) is 8.69. The zero-order chi connectivity index (χ0) is 23.7. The van der Waals surface area contributed by atoms with Gasteiger partial charge >= 0.3 is 0 Å². The van der Waals surface area contributed by atoms with Crippen molar-refractivity contribution >= 4 is 5.69 Å². The summed E-state index contributed by atoms with van der Waals surface area (Å²) in [6.07, 6.45) is 9.91. The molecule has 0 amide bonds. The number of benzene rings is 3. The number of hydrogen-bond acceptors (Lipinski definition) is 2. The Morgan fingerprint density at radius 3 is 2.09 bits per heavy atom. The Morgan fingerprint density at radius 2 is 1.43 bits per heavy atom. The van der Waals surface area contributed by atoms with Crippen molar-refractivity contribution in [3.05, 3.63) is 95.6 Å². The second-order valence-corrected chi connectivity index (χ2v) is 11.3. The van der Waals surface area contributed by atoms with Crippen molar-refractivity contribution in [3.63, 3.8) is 0 Å². The molecule has 4 aliphatic rings. The maximum absolute atomic E-state index is 5.46. The molecule has 1 N–H and O–H groups in total. The number of anilines is 1. The van der Waals surface area contributed by atoms with E-state index in [2.05, 4.69) is 77.8 Å². The molecule has 4 saturated carbocycles. The van der Waals surface area contributed by atoms with Gasteiger partial charge in [0.1, 0.15) is 5.75 Å². The summed E-state index contributed by atoms with van der Waals surface area (Å²) in [5.74, 6) is 10.6. The molecule has 178 valence electrons. The van der Waals surface area contributed by atoms with Crippen LogP contribution in [0.1, 0.15) is 67.7 Å². The van der Waals surface area contributed by atoms with E-state index in [9.17, 15) is 0 Å². The molecule has 4 bridgehead atoms. The SMILES string of the molecule is COc1ccc([C@H](CC23CC4CC(CC(C4)C2)C3)Nc2ccccc2C#Cc2ccccc2)cc1. The largest absolute Gasteiger partial charge is 0.497 e. The Labute approximate surface area is 210 Å². The van der Waals surface area contributed by atoms with Crippen LogP contribution in [0.4, 0.5) is 5.69 Å². The minimum Gasteiger partial charge on any atom is -0.497 e. The van der Waals surface area contributed by atoms with E-state index in [4.69, 9.17) is 4.74 Å². The van der Waals surface area contributed by atoms with Crippen molar-refractivity contribution in [1.29, 1.82) is 0 Å². The van der Waals surface area contributed by atoms with E-state index in [1.807, 2.05) is 18.2 Å². The Bertz CT molecular complexity index is 1180. The van der Waals surface area contributed by atoms with Gasteiger partial charge in [-0.25, -0.2) is 0 Å². The summed E-state index contributed by atoms with van der Waals surface area (Å²) in [7, 11) is 1.74. The van der Waals surface area contributed by atoms with E-state index >= 15 is 0 Å². The lowest BCUT2D eigenvalue weighted by Gasteiger charge is -2.57. The number of methoxy groups -OCH3 is 1. The van der Waals surface area contributed by atoms with Gasteiger partial charge in [-0.05, 0) is 110 Å². The van der Waals surface area contributed by atoms with Crippen LogP contribution in [-0.4, -0.2) is 7.11 Å². The predicted molar refractivity (Wildman–Crippen MR) is 143 cm³/mol. The molecule has 35 heavy (non-hydrogen) atoms. The predicted octanol–water partition coefficient (Wildman–Crippen LogP) is 7.85. The van der Waals surface area contributed by atoms with Crippen LogP contribution in [-0.2, 0) is 0 Å². The first-order chi connectivity index (χ1) is 17.2. The zero-order valence-electron chi connectivity index (χ0n) is 20.7. The summed E-state index contributed by atoms with van der Waals surface area (Å²) in [6, 6.07) is 27.7. The van der Waals surface area contributed by atoms with E-state index in [1.165, 1.54) is 50.5 Å². The summed E-state index contributed by atoms with van der Waals surface area (Å²) >= 11 is 0. The van der Waals surface area contributed by atoms with Gasteiger partial charge in [0, 0.05) is 11.1 Å². The summed E-state index contributed by atoms with van der Waals surface area (Å²) in [4.78, 5) is 0. The van der Waals surface area contributed by atoms with Gasteiger partial charge in [0.25, 0.3) is 0 Å². The molecule has 0 aliphatic heterocycles. The van der Waals surface area contributed by atoms with Gasteiger partial charge in [-0.1, -0.05) is 54.3 Å². The molecule has 0 unspecified atom stereocenters. The smallest absolute Gasteiger partial charge is 0.118 e. The molecule has 0 saturated heterocycles. The molecule has 2 heteroatoms. The lowest BCUT2D eigenvalue weighted by Crippen LogP contribution is -2.47. The lowest BCUT2D eigenvalue weighted by atomic mass is 9.48. The van der Waals surface area contributed by atoms with Crippen LogP contribution in [0.5, 0.6) is 5.75 Å². The van der Waals surface area contributed by atoms with Gasteiger partial charge in [0.15, 0.2) is 0 Å². The third-order valence-corrected chi connectivity index (χ3v) is 8.69. The van der Waals surface area contributed by atoms with E-state index in [0.717, 1.165) is 40.3 Å². The molecule has 0 aromatic heterocycles. The van der Waals surface area contributed by atoms with Gasteiger partial charge in [-0.2, -0.15) is 0 Å². The van der Waals surface area contributed by atoms with E-state index in [-0.39, 0.29) is 6.04 Å². The number of rotatable bonds is 6. The van der Waals surface area contributed by atoms with Crippen molar-refractivity contribution in [2.45, 2.75) is 51.0 Å². The molecule has 0 heterocycles. The van der Waals surface area contributed by atoms with E-state index in [1.54, 1.807) is 7.11 Å². The molecule has 0 radical (unpaired) electrons. The molecule has 3 aromatic carbocycles. The van der Waals surface area contributed by atoms with E-state index < -0.39 is 0 Å². The van der Waals surface area contributed by atoms with Crippen molar-refractivity contribution in [3.8, 4) is 17.6 Å². The third kappa shape index (κ3) is 4.83. The quantitative estimate of drug-likeness (QED) is 0.377. The number of hydrogen-bond donors (Lipinski definition) is 1. The fraction of sp³-hybridized carbons (Fsp3) is 0.394. The van der Waals surface area contributed by atoms with Gasteiger partial charge in [0.05, 0.1) is 18.8 Å². The lowest BCUT2D eigenvalue weighted by molar-refractivity contribution is -0.0596. The Balaban J connectivity index is 1.31. The Kier molecular flexibility index (Phi) is 6.03. The molecular formula is C33H35NO. The Hall–Kier alpha value is -3.18. The maximum Gasteiger partial charge on any atom is 0.118 e. The first kappa shape index (κ1) is 22.3. The van der Waals surface area contributed by atoms with Crippen molar-refractivity contribution in [2.24, 2.45) is 23.2 Å². The maximum atomic E-state index is 5.46. The molecule has 4 aliphatic carbocycles. The molecular weight excluding hydrogens is 426 g/mol. The molecule has 4 fully saturated rings. The van der Waals surface area contributed by atoms with Crippen LogP contribution in [0.15, 0.2) is 78.9 Å². The second kappa shape index (κ2) is 9.46. The zero-order valence-corrected chi connectivity index (χ0v) is 20.7. The van der Waals surface area contributed by atoms with E-state index in [0.29, 0.717) is 5.41 Å². The first-order valence-electron chi connectivity index (χ1n) is 13.2. The highest BCUT2D eigenvalue weighted by atomic mass is 16.5. The average Bonchev–Trinajstić information content (AvgIpc) is 2.87. The first-order valence-corrected chi connectivity index (χ1v) is 13.2. The Morgan fingerprint density at radius 1 is 0.800 bits per heavy atom. The van der Waals surface area contributed by atoms with Crippen LogP contribution in [0.25, 0.3) is 0 Å². The van der Waals surface area contributed by atoms with Crippen LogP contribution in [0, 0.1) is 35.0 Å². The molecule has 7 rings (SSSR count). The average molecular weight is 462 g/mol. The van der Waals surface area contributed by atoms with Crippen LogP contribution in [0.3, 0.4) is 0 Å². The second-order valence-electron chi connectivity index (χ2n) is 11.3. The topological polar surface area (TPSA) is 21.3 Å². The van der Waals surface area contributed by atoms with Crippen molar-refractivity contribution in [2.75, 3.05) is 12.4 Å². The van der Waals surface area contributed by atoms with Gasteiger partial charge in [-0.15, -0.1) is 0 Å². The highest BCUT2D eigenvalue weighted by Gasteiger charge is 2.51. The molecule has 3 aromatic rings. The summed E-state index contributed by atoms with van der Waals surface area (Å²) in [6.45, 7) is 0. The van der Waals surface area contributed by atoms with Crippen LogP contribution in [0.2, 0.25) is 0 Å². The van der Waals surface area contributed by atoms with Gasteiger partial charge in [-0.3, -0.25) is 0 Å². The highest BCUT2D eigenvalue weighted by Crippen LogP contribution is 2.62. The standard InChI is InChI=1S/C33H35NO/c1-35-30-15-13-29(14-16-30)32(23-33-20-25-17-26(21-33)19-27(18-25)22-33)34-31-10-6-5-9-28(31)12-11-24-7-3-2-4-8-24/h2-10,13-16,25-27,32,34H,17-23H2,1H3/t25?,26?,27?,32-,33?/m0/s1. The highest BCUT2D eigenvalue weighted by molar-refractivity contribution is 5.61. The minimum absolute atomic E-state index is 0.261. The monoisotopic (exact) mass is 461 g/mol. The van der Waals surface area contributed by atoms with Crippen LogP contribution >= 0.6 is 0 Å². The van der Waals surface area contributed by atoms with Crippen LogP contribution < -0.4 is 10.1 Å². The summed E-state index contributed by atoms with van der Waals surface area (Å²) < 4.78 is 5.46. The molecule has 1 atom stereocenters. The molecule has 0 spiro atoms. The number of para-hydroxylation sites is 1. The summed E-state index contributed by atoms with van der Waals surface area (Å²) in [5.41, 5.74) is 5.05.